The highest BCUT2D eigenvalue weighted by Gasteiger charge is 2.31. The lowest BCUT2D eigenvalue weighted by molar-refractivity contribution is 0.103. The third kappa shape index (κ3) is 4.86. The molecule has 3 rings (SSSR count). The maximum absolute atomic E-state index is 11.5. The maximum atomic E-state index is 11.5. The van der Waals surface area contributed by atoms with Gasteiger partial charge in [-0.3, -0.25) is 4.99 Å². The molecule has 0 aliphatic heterocycles. The molecule has 0 radical (unpaired) electrons. The van der Waals surface area contributed by atoms with E-state index in [4.69, 9.17) is 22.6 Å². The fourth-order valence-corrected chi connectivity index (χ4v) is 3.91. The first-order valence-electron chi connectivity index (χ1n) is 9.84. The Labute approximate surface area is 188 Å². The third-order valence-electron chi connectivity index (χ3n) is 5.17. The Bertz CT molecular complexity index is 1180. The molecule has 156 valence electrons. The minimum absolute atomic E-state index is 0.329. The second kappa shape index (κ2) is 9.18. The van der Waals surface area contributed by atoms with Crippen LogP contribution in [0.25, 0.3) is 11.1 Å². The topological polar surface area (TPSA) is 82.4 Å². The van der Waals surface area contributed by atoms with Crippen molar-refractivity contribution in [1.82, 2.24) is 0 Å². The fraction of sp³-hybridized carbons (Fsp3) is 0.154. The lowest BCUT2D eigenvalue weighted by atomic mass is 9.83. The number of halogens is 1. The van der Waals surface area contributed by atoms with Gasteiger partial charge in [-0.25, -0.2) is 0 Å². The Morgan fingerprint density at radius 3 is 2.16 bits per heavy atom. The van der Waals surface area contributed by atoms with Crippen LogP contribution in [-0.4, -0.2) is 10.8 Å². The summed E-state index contributed by atoms with van der Waals surface area (Å²) in [5.41, 5.74) is 10.2. The number of hydrogen-bond acceptors (Lipinski definition) is 4. The number of aliphatic hydroxyl groups is 1. The van der Waals surface area contributed by atoms with Crippen LogP contribution in [0.1, 0.15) is 31.9 Å². The van der Waals surface area contributed by atoms with E-state index in [-0.39, 0.29) is 0 Å². The molecule has 0 spiro atoms. The van der Waals surface area contributed by atoms with Gasteiger partial charge < -0.3 is 10.8 Å². The zero-order valence-corrected chi connectivity index (χ0v) is 18.5. The number of nitrogens with two attached hydrogens (primary N) is 1. The molecule has 0 aromatic heterocycles. The molecular formula is C26H24ClN3O. The van der Waals surface area contributed by atoms with E-state index in [9.17, 15) is 5.11 Å². The van der Waals surface area contributed by atoms with E-state index in [2.05, 4.69) is 4.99 Å². The zero-order chi connectivity index (χ0) is 22.6. The summed E-state index contributed by atoms with van der Waals surface area (Å²) in [7, 11) is 0. The molecule has 3 N–H and O–H groups in total. The Hall–Kier alpha value is -3.39. The van der Waals surface area contributed by atoms with Crippen LogP contribution < -0.4 is 5.73 Å². The Balaban J connectivity index is 1.97. The highest BCUT2D eigenvalue weighted by Crippen LogP contribution is 2.34. The van der Waals surface area contributed by atoms with Gasteiger partial charge in [0.15, 0.2) is 0 Å². The average molecular weight is 430 g/mol. The van der Waals surface area contributed by atoms with Crippen LogP contribution in [0.3, 0.4) is 0 Å². The lowest BCUT2D eigenvalue weighted by Crippen LogP contribution is -2.30. The monoisotopic (exact) mass is 429 g/mol. The first kappa shape index (κ1) is 22.3. The highest BCUT2D eigenvalue weighted by molar-refractivity contribution is 6.32. The Morgan fingerprint density at radius 2 is 1.61 bits per heavy atom. The van der Waals surface area contributed by atoms with Crippen molar-refractivity contribution in [2.45, 2.75) is 26.4 Å². The van der Waals surface area contributed by atoms with E-state index in [1.54, 1.807) is 39.0 Å². The van der Waals surface area contributed by atoms with Crippen LogP contribution >= 0.6 is 11.6 Å². The zero-order valence-electron chi connectivity index (χ0n) is 17.7. The van der Waals surface area contributed by atoms with Gasteiger partial charge in [0.1, 0.15) is 11.7 Å². The maximum Gasteiger partial charge on any atom is 0.115 e. The summed E-state index contributed by atoms with van der Waals surface area (Å²) in [6, 6.07) is 24.8. The van der Waals surface area contributed by atoms with Gasteiger partial charge in [-0.15, -0.1) is 0 Å². The van der Waals surface area contributed by atoms with Gasteiger partial charge in [0.2, 0.25) is 0 Å². The summed E-state index contributed by atoms with van der Waals surface area (Å²) in [6.07, 6.45) is 0. The van der Waals surface area contributed by atoms with Crippen LogP contribution in [0, 0.1) is 11.3 Å². The molecule has 5 heteroatoms. The molecule has 0 aliphatic rings. The van der Waals surface area contributed by atoms with Crippen molar-refractivity contribution in [2.24, 2.45) is 10.7 Å². The molecule has 0 heterocycles. The SMILES string of the molecule is CC(=Nc1ccc(C#N)c(Cl)c1)C(=C(C)N)C(C)(O)c1ccc(-c2ccccc2)cc1. The van der Waals surface area contributed by atoms with Gasteiger partial charge in [0.25, 0.3) is 0 Å². The first-order valence-corrected chi connectivity index (χ1v) is 10.2. The predicted molar refractivity (Wildman–Crippen MR) is 127 cm³/mol. The van der Waals surface area contributed by atoms with E-state index < -0.39 is 5.60 Å². The van der Waals surface area contributed by atoms with E-state index in [0.29, 0.717) is 38.8 Å². The van der Waals surface area contributed by atoms with Crippen molar-refractivity contribution in [2.75, 3.05) is 0 Å². The molecule has 0 bridgehead atoms. The van der Waals surface area contributed by atoms with Gasteiger partial charge >= 0.3 is 0 Å². The smallest absolute Gasteiger partial charge is 0.115 e. The van der Waals surface area contributed by atoms with Crippen molar-refractivity contribution >= 4 is 23.0 Å². The quantitative estimate of drug-likeness (QED) is 0.480. The number of hydrogen-bond donors (Lipinski definition) is 2. The second-order valence-electron chi connectivity index (χ2n) is 7.55. The molecule has 0 saturated heterocycles. The van der Waals surface area contributed by atoms with E-state index in [1.807, 2.05) is 60.7 Å². The number of allylic oxidation sites excluding steroid dienone is 1. The number of nitrogens with zero attached hydrogens (tertiary/aromatic N) is 2. The standard InChI is InChI=1S/C26H24ClN3O/c1-17(29)25(18(2)30-23-14-11-21(16-28)24(27)15-23)26(3,31)22-12-9-20(10-13-22)19-7-5-4-6-8-19/h4-15,31H,29H2,1-3H3. The lowest BCUT2D eigenvalue weighted by Gasteiger charge is -2.29. The molecule has 1 atom stereocenters. The van der Waals surface area contributed by atoms with Crippen molar-refractivity contribution in [1.29, 1.82) is 5.26 Å². The molecule has 0 saturated carbocycles. The molecule has 3 aromatic carbocycles. The van der Waals surface area contributed by atoms with Crippen molar-refractivity contribution in [3.05, 3.63) is 100 Å². The normalized spacial score (nSPS) is 14.4. The largest absolute Gasteiger partial charge is 0.402 e. The van der Waals surface area contributed by atoms with E-state index >= 15 is 0 Å². The molecule has 0 fully saturated rings. The minimum atomic E-state index is -1.35. The number of benzene rings is 3. The predicted octanol–water partition coefficient (Wildman–Crippen LogP) is 6.11. The number of nitriles is 1. The molecule has 0 aliphatic carbocycles. The Kier molecular flexibility index (Phi) is 6.60. The first-order chi connectivity index (χ1) is 14.7. The molecule has 4 nitrogen and oxygen atoms in total. The van der Waals surface area contributed by atoms with Crippen LogP contribution in [-0.2, 0) is 5.60 Å². The van der Waals surface area contributed by atoms with Crippen molar-refractivity contribution in [3.63, 3.8) is 0 Å². The van der Waals surface area contributed by atoms with Crippen molar-refractivity contribution < 1.29 is 5.11 Å². The van der Waals surface area contributed by atoms with Crippen LogP contribution in [0.2, 0.25) is 5.02 Å². The van der Waals surface area contributed by atoms with E-state index in [0.717, 1.165) is 11.1 Å². The van der Waals surface area contributed by atoms with Gasteiger partial charge in [-0.05, 0) is 55.7 Å². The summed E-state index contributed by atoms with van der Waals surface area (Å²) < 4.78 is 0. The molecule has 3 aromatic rings. The number of rotatable bonds is 5. The molecular weight excluding hydrogens is 406 g/mol. The highest BCUT2D eigenvalue weighted by atomic mass is 35.5. The summed E-state index contributed by atoms with van der Waals surface area (Å²) in [5.74, 6) is 0. The van der Waals surface area contributed by atoms with E-state index in [1.165, 1.54) is 0 Å². The van der Waals surface area contributed by atoms with Gasteiger partial charge in [-0.1, -0.05) is 66.2 Å². The van der Waals surface area contributed by atoms with Gasteiger partial charge in [0, 0.05) is 17.0 Å². The summed E-state index contributed by atoms with van der Waals surface area (Å²) in [4.78, 5) is 4.60. The average Bonchev–Trinajstić information content (AvgIpc) is 2.74. The van der Waals surface area contributed by atoms with Crippen molar-refractivity contribution in [3.8, 4) is 17.2 Å². The summed E-state index contributed by atoms with van der Waals surface area (Å²) in [5, 5.41) is 20.9. The van der Waals surface area contributed by atoms with Gasteiger partial charge in [0.05, 0.1) is 16.3 Å². The van der Waals surface area contributed by atoms with Crippen LogP contribution in [0.5, 0.6) is 0 Å². The Morgan fingerprint density at radius 1 is 1.00 bits per heavy atom. The fourth-order valence-electron chi connectivity index (χ4n) is 3.70. The second-order valence-corrected chi connectivity index (χ2v) is 7.95. The molecule has 1 unspecified atom stereocenters. The minimum Gasteiger partial charge on any atom is -0.402 e. The van der Waals surface area contributed by atoms with Gasteiger partial charge in [-0.2, -0.15) is 5.26 Å². The third-order valence-corrected chi connectivity index (χ3v) is 5.48. The molecule has 31 heavy (non-hydrogen) atoms. The summed E-state index contributed by atoms with van der Waals surface area (Å²) >= 11 is 6.13. The molecule has 0 amide bonds. The van der Waals surface area contributed by atoms with Crippen LogP contribution in [0.15, 0.2) is 89.1 Å². The van der Waals surface area contributed by atoms with Crippen LogP contribution in [0.4, 0.5) is 5.69 Å². The summed E-state index contributed by atoms with van der Waals surface area (Å²) in [6.45, 7) is 5.25. The number of aliphatic imine (C=N–C) groups is 1.